The number of nitrogens with zero attached hydrogens (tertiary/aromatic N) is 1. The number of sulfonamides is 1. The zero-order valence-corrected chi connectivity index (χ0v) is 16.7. The Morgan fingerprint density at radius 1 is 1.00 bits per heavy atom. The Balaban J connectivity index is 2.34. The van der Waals surface area contributed by atoms with Crippen molar-refractivity contribution in [2.75, 3.05) is 26.5 Å². The van der Waals surface area contributed by atoms with Gasteiger partial charge < -0.3 is 10.1 Å². The van der Waals surface area contributed by atoms with Crippen LogP contribution in [0.2, 0.25) is 0 Å². The van der Waals surface area contributed by atoms with Gasteiger partial charge in [-0.05, 0) is 61.4 Å². The van der Waals surface area contributed by atoms with E-state index in [1.807, 2.05) is 0 Å². The number of ether oxygens (including phenoxy) is 1. The lowest BCUT2D eigenvalue weighted by Crippen LogP contribution is -2.24. The summed E-state index contributed by atoms with van der Waals surface area (Å²) in [4.78, 5) is 24.1. The van der Waals surface area contributed by atoms with E-state index in [0.29, 0.717) is 22.4 Å². The van der Waals surface area contributed by atoms with Crippen LogP contribution in [-0.4, -0.2) is 45.8 Å². The van der Waals surface area contributed by atoms with Crippen LogP contribution < -0.4 is 5.32 Å². The summed E-state index contributed by atoms with van der Waals surface area (Å²) in [5.41, 5.74) is 2.37. The van der Waals surface area contributed by atoms with Gasteiger partial charge in [-0.15, -0.1) is 0 Å². The summed E-state index contributed by atoms with van der Waals surface area (Å²) in [7, 11) is 0.502. The van der Waals surface area contributed by atoms with Crippen molar-refractivity contribution in [3.8, 4) is 0 Å². The van der Waals surface area contributed by atoms with Gasteiger partial charge in [0, 0.05) is 25.3 Å². The molecule has 0 aromatic heterocycles. The fourth-order valence-electron chi connectivity index (χ4n) is 2.43. The van der Waals surface area contributed by atoms with E-state index in [-0.39, 0.29) is 10.5 Å². The first-order chi connectivity index (χ1) is 12.6. The molecule has 0 saturated heterocycles. The van der Waals surface area contributed by atoms with Crippen molar-refractivity contribution in [1.29, 1.82) is 0 Å². The predicted octanol–water partition coefficient (Wildman–Crippen LogP) is 2.59. The van der Waals surface area contributed by atoms with Crippen molar-refractivity contribution >= 4 is 27.6 Å². The molecule has 27 heavy (non-hydrogen) atoms. The molecule has 2 aromatic rings. The van der Waals surface area contributed by atoms with E-state index in [1.165, 1.54) is 39.4 Å². The number of carbonyl (C=O) groups is 2. The standard InChI is InChI=1S/C19H22N2O5S/c1-12-10-15(11-17(13(12)2)27(24,25)21(3)4)18(22)20-16-8-6-14(7-9-16)19(23)26-5/h6-11H,1-5H3,(H,20,22). The third-order valence-electron chi connectivity index (χ3n) is 4.20. The van der Waals surface area contributed by atoms with Crippen molar-refractivity contribution in [3.05, 3.63) is 58.7 Å². The number of amides is 1. The number of esters is 1. The van der Waals surface area contributed by atoms with Gasteiger partial charge in [-0.3, -0.25) is 4.79 Å². The first kappa shape index (κ1) is 20.6. The van der Waals surface area contributed by atoms with E-state index in [0.717, 1.165) is 4.31 Å². The molecule has 8 heteroatoms. The van der Waals surface area contributed by atoms with Gasteiger partial charge in [-0.25, -0.2) is 17.5 Å². The minimum Gasteiger partial charge on any atom is -0.465 e. The third-order valence-corrected chi connectivity index (χ3v) is 6.15. The summed E-state index contributed by atoms with van der Waals surface area (Å²) < 4.78 is 30.8. The van der Waals surface area contributed by atoms with Gasteiger partial charge in [-0.2, -0.15) is 0 Å². The highest BCUT2D eigenvalue weighted by molar-refractivity contribution is 7.89. The Labute approximate surface area is 159 Å². The number of methoxy groups -OCH3 is 1. The predicted molar refractivity (Wildman–Crippen MR) is 103 cm³/mol. The van der Waals surface area contributed by atoms with Crippen LogP contribution in [0.4, 0.5) is 5.69 Å². The van der Waals surface area contributed by atoms with Gasteiger partial charge in [0.25, 0.3) is 5.91 Å². The zero-order valence-electron chi connectivity index (χ0n) is 15.9. The van der Waals surface area contributed by atoms with Crippen LogP contribution >= 0.6 is 0 Å². The summed E-state index contributed by atoms with van der Waals surface area (Å²) in [6, 6.07) is 9.22. The van der Waals surface area contributed by atoms with Gasteiger partial charge in [0.1, 0.15) is 0 Å². The number of hydrogen-bond acceptors (Lipinski definition) is 5. The third kappa shape index (κ3) is 4.35. The van der Waals surface area contributed by atoms with E-state index >= 15 is 0 Å². The molecule has 0 bridgehead atoms. The molecule has 0 heterocycles. The van der Waals surface area contributed by atoms with Crippen LogP contribution in [0.25, 0.3) is 0 Å². The van der Waals surface area contributed by atoms with Crippen LogP contribution in [0.3, 0.4) is 0 Å². The van der Waals surface area contributed by atoms with Crippen molar-refractivity contribution in [1.82, 2.24) is 4.31 Å². The first-order valence-corrected chi connectivity index (χ1v) is 9.55. The number of aryl methyl sites for hydroxylation is 1. The number of carbonyl (C=O) groups excluding carboxylic acids is 2. The van der Waals surface area contributed by atoms with Crippen LogP contribution in [0.1, 0.15) is 31.8 Å². The Bertz CT molecular complexity index is 980. The molecule has 2 rings (SSSR count). The van der Waals surface area contributed by atoms with Crippen molar-refractivity contribution in [3.63, 3.8) is 0 Å². The normalized spacial score (nSPS) is 11.3. The molecule has 1 N–H and O–H groups in total. The smallest absolute Gasteiger partial charge is 0.337 e. The van der Waals surface area contributed by atoms with E-state index in [9.17, 15) is 18.0 Å². The summed E-state index contributed by atoms with van der Waals surface area (Å²) in [5.74, 6) is -0.917. The average Bonchev–Trinajstić information content (AvgIpc) is 2.63. The number of hydrogen-bond donors (Lipinski definition) is 1. The second-order valence-electron chi connectivity index (χ2n) is 6.23. The second kappa shape index (κ2) is 7.89. The van der Waals surface area contributed by atoms with Crippen LogP contribution in [0.15, 0.2) is 41.3 Å². The molecule has 0 aliphatic heterocycles. The summed E-state index contributed by atoms with van der Waals surface area (Å²) in [5, 5.41) is 2.70. The highest BCUT2D eigenvalue weighted by atomic mass is 32.2. The molecule has 0 unspecified atom stereocenters. The Kier molecular flexibility index (Phi) is 6.02. The summed E-state index contributed by atoms with van der Waals surface area (Å²) in [6.45, 7) is 3.46. The average molecular weight is 390 g/mol. The zero-order chi connectivity index (χ0) is 20.4. The first-order valence-electron chi connectivity index (χ1n) is 8.11. The quantitative estimate of drug-likeness (QED) is 0.792. The molecule has 0 radical (unpaired) electrons. The van der Waals surface area contributed by atoms with Crippen molar-refractivity contribution in [2.45, 2.75) is 18.7 Å². The summed E-state index contributed by atoms with van der Waals surface area (Å²) in [6.07, 6.45) is 0. The monoisotopic (exact) mass is 390 g/mol. The van der Waals surface area contributed by atoms with Crippen molar-refractivity contribution < 1.29 is 22.7 Å². The molecule has 2 aromatic carbocycles. The molecule has 0 aliphatic carbocycles. The Morgan fingerprint density at radius 3 is 2.11 bits per heavy atom. The maximum atomic E-state index is 12.6. The molecular formula is C19H22N2O5S. The Hall–Kier alpha value is -2.71. The lowest BCUT2D eigenvalue weighted by Gasteiger charge is -2.16. The highest BCUT2D eigenvalue weighted by Gasteiger charge is 2.23. The van der Waals surface area contributed by atoms with E-state index in [2.05, 4.69) is 10.1 Å². The van der Waals surface area contributed by atoms with Gasteiger partial charge in [0.2, 0.25) is 10.0 Å². The Morgan fingerprint density at radius 2 is 1.59 bits per heavy atom. The lowest BCUT2D eigenvalue weighted by molar-refractivity contribution is 0.0600. The van der Waals surface area contributed by atoms with Crippen LogP contribution in [0, 0.1) is 13.8 Å². The van der Waals surface area contributed by atoms with Crippen LogP contribution in [0.5, 0.6) is 0 Å². The minimum atomic E-state index is -3.68. The van der Waals surface area contributed by atoms with E-state index in [4.69, 9.17) is 0 Å². The van der Waals surface area contributed by atoms with Crippen molar-refractivity contribution in [2.24, 2.45) is 0 Å². The molecule has 0 spiro atoms. The maximum absolute atomic E-state index is 12.6. The van der Waals surface area contributed by atoms with Gasteiger partial charge in [0.15, 0.2) is 0 Å². The lowest BCUT2D eigenvalue weighted by atomic mass is 10.1. The molecule has 0 fully saturated rings. The fraction of sp³-hybridized carbons (Fsp3) is 0.263. The molecular weight excluding hydrogens is 368 g/mol. The topological polar surface area (TPSA) is 92.8 Å². The minimum absolute atomic E-state index is 0.0960. The fourth-order valence-corrected chi connectivity index (χ4v) is 3.65. The van der Waals surface area contributed by atoms with E-state index < -0.39 is 21.9 Å². The van der Waals surface area contributed by atoms with E-state index in [1.54, 1.807) is 32.0 Å². The maximum Gasteiger partial charge on any atom is 0.337 e. The summed E-state index contributed by atoms with van der Waals surface area (Å²) >= 11 is 0. The molecule has 1 amide bonds. The van der Waals surface area contributed by atoms with Gasteiger partial charge >= 0.3 is 5.97 Å². The van der Waals surface area contributed by atoms with Crippen LogP contribution in [-0.2, 0) is 14.8 Å². The van der Waals surface area contributed by atoms with Gasteiger partial charge in [0.05, 0.1) is 17.6 Å². The number of benzene rings is 2. The van der Waals surface area contributed by atoms with Gasteiger partial charge in [-0.1, -0.05) is 0 Å². The molecule has 7 nitrogen and oxygen atoms in total. The number of nitrogens with one attached hydrogen (secondary N) is 1. The number of anilines is 1. The second-order valence-corrected chi connectivity index (χ2v) is 8.35. The highest BCUT2D eigenvalue weighted by Crippen LogP contribution is 2.24. The molecule has 0 aliphatic rings. The number of rotatable bonds is 5. The molecule has 0 saturated carbocycles. The SMILES string of the molecule is COC(=O)c1ccc(NC(=O)c2cc(C)c(C)c(S(=O)(=O)N(C)C)c2)cc1. The molecule has 144 valence electrons. The largest absolute Gasteiger partial charge is 0.465 e. The molecule has 0 atom stereocenters.